The minimum atomic E-state index is -1.36. The van der Waals surface area contributed by atoms with Crippen molar-refractivity contribution in [2.75, 3.05) is 74.6 Å². The lowest BCUT2D eigenvalue weighted by Crippen LogP contribution is -2.61. The number of fused-ring (bicyclic) bond motifs is 2. The van der Waals surface area contributed by atoms with E-state index < -0.39 is 35.3 Å². The van der Waals surface area contributed by atoms with Gasteiger partial charge >= 0.3 is 0 Å². The summed E-state index contributed by atoms with van der Waals surface area (Å²) in [7, 11) is 1.50. The number of rotatable bonds is 11. The van der Waals surface area contributed by atoms with Gasteiger partial charge < -0.3 is 34.6 Å². The van der Waals surface area contributed by atoms with Crippen LogP contribution in [0, 0.1) is 5.41 Å². The number of halogens is 2. The first-order chi connectivity index (χ1) is 30.6. The van der Waals surface area contributed by atoms with Crippen LogP contribution in [-0.4, -0.2) is 125 Å². The van der Waals surface area contributed by atoms with Gasteiger partial charge in [0.25, 0.3) is 23.3 Å². The zero-order valence-corrected chi connectivity index (χ0v) is 36.7. The molecule has 0 aliphatic carbocycles. The number of alkyl halides is 1. The van der Waals surface area contributed by atoms with Crippen molar-refractivity contribution in [3.05, 3.63) is 75.2 Å². The Labute approximate surface area is 373 Å². The van der Waals surface area contributed by atoms with Gasteiger partial charge in [0.2, 0.25) is 17.8 Å². The van der Waals surface area contributed by atoms with Crippen LogP contribution < -0.4 is 36.0 Å². The largest absolute Gasteiger partial charge is 0.478 e. The summed E-state index contributed by atoms with van der Waals surface area (Å²) < 4.78 is 23.7. The molecule has 0 radical (unpaired) electrons. The molecule has 2 aromatic carbocycles. The number of likely N-dealkylation sites (tertiary alicyclic amines) is 1. The number of pyridine rings is 1. The van der Waals surface area contributed by atoms with Crippen molar-refractivity contribution in [3.8, 4) is 5.75 Å². The Morgan fingerprint density at radius 2 is 1.69 bits per heavy atom. The average molecular weight is 897 g/mol. The number of ether oxygens (including phenoxy) is 1. The molecule has 5 amide bonds. The van der Waals surface area contributed by atoms with E-state index in [0.29, 0.717) is 65.9 Å². The molecule has 0 saturated carbocycles. The van der Waals surface area contributed by atoms with E-state index in [-0.39, 0.29) is 59.2 Å². The molecule has 5 aliphatic heterocycles. The van der Waals surface area contributed by atoms with Crippen LogP contribution in [0.15, 0.2) is 53.5 Å². The van der Waals surface area contributed by atoms with Gasteiger partial charge in [-0.2, -0.15) is 4.98 Å². The molecule has 4 aromatic rings. The number of piperidine rings is 3. The van der Waals surface area contributed by atoms with Crippen LogP contribution >= 0.6 is 11.6 Å². The average Bonchev–Trinajstić information content (AvgIpc) is 3.50. The zero-order valence-electron chi connectivity index (χ0n) is 35.9. The molecule has 19 heteroatoms. The molecule has 2 aromatic heterocycles. The first kappa shape index (κ1) is 43.1. The molecule has 3 N–H and O–H groups in total. The lowest BCUT2D eigenvalue weighted by Gasteiger charge is -2.55. The van der Waals surface area contributed by atoms with Crippen LogP contribution in [0.25, 0.3) is 10.9 Å². The second-order valence-electron chi connectivity index (χ2n) is 18.0. The molecular weight excluding hydrogens is 847 g/mol. The van der Waals surface area contributed by atoms with Crippen molar-refractivity contribution in [2.45, 2.75) is 70.1 Å². The van der Waals surface area contributed by atoms with E-state index in [0.717, 1.165) is 49.6 Å². The molecule has 64 heavy (non-hydrogen) atoms. The molecule has 1 unspecified atom stereocenters. The van der Waals surface area contributed by atoms with Crippen LogP contribution in [0.1, 0.15) is 79.1 Å². The summed E-state index contributed by atoms with van der Waals surface area (Å²) in [5.41, 5.74) is 1.12. The van der Waals surface area contributed by atoms with E-state index in [1.807, 2.05) is 43.0 Å². The van der Waals surface area contributed by atoms with Crippen LogP contribution in [0.3, 0.4) is 0 Å². The number of likely N-dealkylation sites (N-methyl/N-ethyl adjacent to an activating group) is 1. The maximum atomic E-state index is 16.5. The number of nitrogens with one attached hydrogen (secondary N) is 3. The van der Waals surface area contributed by atoms with E-state index in [1.165, 1.54) is 13.2 Å². The summed E-state index contributed by atoms with van der Waals surface area (Å²) >= 11 is 6.57. The molecule has 0 bridgehead atoms. The molecule has 1 atom stereocenters. The molecular formula is C45H50ClFN10O7. The van der Waals surface area contributed by atoms with Gasteiger partial charge in [0.15, 0.2) is 18.2 Å². The number of anilines is 4. The second-order valence-corrected chi connectivity index (χ2v) is 18.4. The number of nitrogens with zero attached hydrogens (tertiary/aromatic N) is 7. The fourth-order valence-electron chi connectivity index (χ4n) is 9.73. The highest BCUT2D eigenvalue weighted by molar-refractivity contribution is 6.33. The Morgan fingerprint density at radius 3 is 2.39 bits per heavy atom. The van der Waals surface area contributed by atoms with Gasteiger partial charge in [-0.25, -0.2) is 9.37 Å². The highest BCUT2D eigenvalue weighted by Gasteiger charge is 2.48. The van der Waals surface area contributed by atoms with Crippen molar-refractivity contribution < 1.29 is 33.1 Å². The molecule has 17 nitrogen and oxygen atoms in total. The molecule has 336 valence electrons. The van der Waals surface area contributed by atoms with Crippen molar-refractivity contribution in [1.82, 2.24) is 35.0 Å². The van der Waals surface area contributed by atoms with Gasteiger partial charge in [-0.3, -0.25) is 39.0 Å². The minimum Gasteiger partial charge on any atom is -0.478 e. The topological polar surface area (TPSA) is 191 Å². The summed E-state index contributed by atoms with van der Waals surface area (Å²) in [4.78, 5) is 92.3. The predicted octanol–water partition coefficient (Wildman–Crippen LogP) is 4.21. The summed E-state index contributed by atoms with van der Waals surface area (Å²) in [6.07, 6.45) is 4.20. The number of imide groups is 2. The van der Waals surface area contributed by atoms with E-state index in [4.69, 9.17) is 21.3 Å². The number of hydrogen-bond acceptors (Lipinski definition) is 13. The van der Waals surface area contributed by atoms with Crippen molar-refractivity contribution in [2.24, 2.45) is 5.41 Å². The molecule has 9 rings (SSSR count). The van der Waals surface area contributed by atoms with E-state index in [2.05, 4.69) is 30.7 Å². The number of carbonyl (C=O) groups is 5. The third-order valence-electron chi connectivity index (χ3n) is 13.4. The standard InChI is InChI=1S/C45H50ClFN10O7/c1-26(2)56-33-7-4-28(18-27(33)19-35(42(56)63)64-22-37(59)48-3)50-38-32(46)21-49-43(52-38)54-16-12-45(47,13-17-54)25-53-14-10-44(11-15-53)23-55(24-44)29-5-6-30-31(20-29)41(62)57(40(30)61)34-8-9-36(58)51-39(34)60/h4-7,18-21,26,34H,8-17,22-25H2,1-3H3,(H,48,59)(H,49,50,52)(H,51,58,60). The van der Waals surface area contributed by atoms with Crippen LogP contribution in [0.4, 0.5) is 27.5 Å². The third kappa shape index (κ3) is 8.12. The summed E-state index contributed by atoms with van der Waals surface area (Å²) in [5, 5.41) is 9.01. The van der Waals surface area contributed by atoms with Crippen molar-refractivity contribution >= 4 is 75.2 Å². The maximum Gasteiger partial charge on any atom is 0.293 e. The number of amides is 5. The summed E-state index contributed by atoms with van der Waals surface area (Å²) in [6.45, 7) is 7.89. The lowest BCUT2D eigenvalue weighted by atomic mass is 9.71. The van der Waals surface area contributed by atoms with Crippen LogP contribution in [-0.2, 0) is 14.4 Å². The highest BCUT2D eigenvalue weighted by Crippen LogP contribution is 2.44. The highest BCUT2D eigenvalue weighted by atomic mass is 35.5. The van der Waals surface area contributed by atoms with Crippen LogP contribution in [0.2, 0.25) is 5.02 Å². The lowest BCUT2D eigenvalue weighted by molar-refractivity contribution is -0.136. The quantitative estimate of drug-likeness (QED) is 0.182. The number of benzene rings is 2. The molecule has 4 saturated heterocycles. The molecule has 5 aliphatic rings. The summed E-state index contributed by atoms with van der Waals surface area (Å²) in [6, 6.07) is 11.2. The van der Waals surface area contributed by atoms with Gasteiger partial charge in [-0.05, 0) is 88.7 Å². The fourth-order valence-corrected chi connectivity index (χ4v) is 9.87. The summed E-state index contributed by atoms with van der Waals surface area (Å²) in [5.74, 6) is -1.56. The maximum absolute atomic E-state index is 16.5. The molecule has 4 fully saturated rings. The van der Waals surface area contributed by atoms with Crippen molar-refractivity contribution in [3.63, 3.8) is 0 Å². The Hall–Kier alpha value is -6.14. The first-order valence-electron chi connectivity index (χ1n) is 21.7. The van der Waals surface area contributed by atoms with E-state index in [1.54, 1.807) is 22.8 Å². The molecule has 7 heterocycles. The molecule has 1 spiro atoms. The SMILES string of the molecule is CNC(=O)COc1cc2cc(Nc3nc(N4CCC(F)(CN5CCC6(CC5)CN(c5ccc7c(c5)C(=O)N(C5CCC(=O)NC5=O)C7=O)C6)CC4)ncc3Cl)ccc2n(C(C)C)c1=O. The van der Waals surface area contributed by atoms with Gasteiger partial charge in [-0.1, -0.05) is 11.6 Å². The zero-order chi connectivity index (χ0) is 45.1. The Morgan fingerprint density at radius 1 is 0.953 bits per heavy atom. The second kappa shape index (κ2) is 16.8. The number of carbonyl (C=O) groups excluding carboxylic acids is 5. The number of hydrogen-bond donors (Lipinski definition) is 3. The van der Waals surface area contributed by atoms with Gasteiger partial charge in [0.05, 0.1) is 22.8 Å². The van der Waals surface area contributed by atoms with Gasteiger partial charge in [0.1, 0.15) is 16.7 Å². The van der Waals surface area contributed by atoms with E-state index in [9.17, 15) is 28.8 Å². The smallest absolute Gasteiger partial charge is 0.293 e. The van der Waals surface area contributed by atoms with Gasteiger partial charge in [-0.15, -0.1) is 0 Å². The fraction of sp³-hybridized carbons (Fsp3) is 0.467. The Bertz CT molecular complexity index is 2630. The normalized spacial score (nSPS) is 20.7. The first-order valence-corrected chi connectivity index (χ1v) is 22.1. The van der Waals surface area contributed by atoms with E-state index >= 15 is 4.39 Å². The Balaban J connectivity index is 0.779. The number of aromatic nitrogens is 3. The monoisotopic (exact) mass is 896 g/mol. The van der Waals surface area contributed by atoms with Crippen LogP contribution in [0.5, 0.6) is 5.75 Å². The minimum absolute atomic E-state index is 0.0604. The van der Waals surface area contributed by atoms with Gasteiger partial charge in [0, 0.05) is 87.3 Å². The third-order valence-corrected chi connectivity index (χ3v) is 13.6. The Kier molecular flexibility index (Phi) is 11.3. The predicted molar refractivity (Wildman–Crippen MR) is 237 cm³/mol. The van der Waals surface area contributed by atoms with Crippen molar-refractivity contribution in [1.29, 1.82) is 0 Å².